The van der Waals surface area contributed by atoms with Crippen LogP contribution in [0.4, 0.5) is 4.79 Å². The third kappa shape index (κ3) is 3.36. The number of nitrogens with zero attached hydrogens (tertiary/aromatic N) is 3. The number of amides is 2. The first kappa shape index (κ1) is 17.1. The number of hydroxylamine groups is 2. The monoisotopic (exact) mass is 371 g/mol. The summed E-state index contributed by atoms with van der Waals surface area (Å²) in [6, 6.07) is -1.12. The number of rotatable bonds is 7. The van der Waals surface area contributed by atoms with Crippen LogP contribution >= 0.6 is 11.3 Å². The van der Waals surface area contributed by atoms with Gasteiger partial charge in [-0.2, -0.15) is 13.5 Å². The van der Waals surface area contributed by atoms with Crippen LogP contribution in [0.3, 0.4) is 0 Å². The van der Waals surface area contributed by atoms with Crippen LogP contribution in [-0.2, 0) is 19.1 Å². The molecule has 130 valence electrons. The van der Waals surface area contributed by atoms with Gasteiger partial charge in [0.05, 0.1) is 31.6 Å². The Kier molecular flexibility index (Phi) is 4.72. The van der Waals surface area contributed by atoms with Crippen LogP contribution in [0.25, 0.3) is 5.57 Å². The van der Waals surface area contributed by atoms with Crippen molar-refractivity contribution in [1.29, 1.82) is 0 Å². The van der Waals surface area contributed by atoms with Crippen molar-refractivity contribution >= 4 is 33.1 Å². The van der Waals surface area contributed by atoms with Crippen LogP contribution in [0.1, 0.15) is 5.01 Å². The zero-order valence-electron chi connectivity index (χ0n) is 13.0. The molecular weight excluding hydrogens is 354 g/mol. The Bertz CT molecular complexity index is 759. The van der Waals surface area contributed by atoms with Gasteiger partial charge in [-0.1, -0.05) is 6.08 Å². The van der Waals surface area contributed by atoms with Gasteiger partial charge in [-0.05, 0) is 6.08 Å². The van der Waals surface area contributed by atoms with Crippen molar-refractivity contribution in [3.8, 4) is 0 Å². The van der Waals surface area contributed by atoms with Crippen LogP contribution in [0, 0.1) is 0 Å². The molecule has 24 heavy (non-hydrogen) atoms. The van der Waals surface area contributed by atoms with Crippen LogP contribution in [0.2, 0.25) is 0 Å². The van der Waals surface area contributed by atoms with Crippen molar-refractivity contribution in [2.24, 2.45) is 0 Å². The standard InChI is InChI=1S/C14H17N3O5S2/c1-3-5-21-17-10-7-11(13-15-4-6-23-13)12(9-22-24(2,19)20)16(8-10)14(17)18/h3-4,6-7,10,12H,1,5,8-9H2,2H3/t10-,12-/m1/s1. The average molecular weight is 371 g/mol. The molecule has 1 fully saturated rings. The van der Waals surface area contributed by atoms with Gasteiger partial charge in [0, 0.05) is 23.7 Å². The van der Waals surface area contributed by atoms with E-state index in [1.165, 1.54) is 16.4 Å². The van der Waals surface area contributed by atoms with Gasteiger partial charge in [0.1, 0.15) is 5.01 Å². The highest BCUT2D eigenvalue weighted by Gasteiger charge is 2.46. The number of carbonyl (C=O) groups excluding carboxylic acids is 1. The molecular formula is C14H17N3O5S2. The highest BCUT2D eigenvalue weighted by Crippen LogP contribution is 2.35. The fraction of sp³-hybridized carbons (Fsp3) is 0.429. The molecule has 2 aliphatic rings. The van der Waals surface area contributed by atoms with Crippen LogP contribution in [0.15, 0.2) is 30.3 Å². The second-order valence-corrected chi connectivity index (χ2v) is 7.91. The van der Waals surface area contributed by atoms with Gasteiger partial charge in [0.25, 0.3) is 10.1 Å². The highest BCUT2D eigenvalue weighted by atomic mass is 32.2. The SMILES string of the molecule is C=CCON1C(=O)N2C[C@H]1C=C(c1nccs1)[C@H]2COS(C)(=O)=O. The van der Waals surface area contributed by atoms with Crippen molar-refractivity contribution in [2.45, 2.75) is 12.1 Å². The van der Waals surface area contributed by atoms with E-state index in [0.29, 0.717) is 6.54 Å². The molecule has 2 atom stereocenters. The summed E-state index contributed by atoms with van der Waals surface area (Å²) < 4.78 is 27.7. The molecule has 8 nitrogen and oxygen atoms in total. The van der Waals surface area contributed by atoms with Crippen LogP contribution < -0.4 is 0 Å². The first-order valence-electron chi connectivity index (χ1n) is 7.20. The van der Waals surface area contributed by atoms with E-state index in [2.05, 4.69) is 11.6 Å². The number of fused-ring (bicyclic) bond motifs is 2. The molecule has 3 rings (SSSR count). The van der Waals surface area contributed by atoms with Gasteiger partial charge in [-0.3, -0.25) is 9.02 Å². The molecule has 0 spiro atoms. The summed E-state index contributed by atoms with van der Waals surface area (Å²) in [6.45, 7) is 4.03. The van der Waals surface area contributed by atoms with E-state index in [4.69, 9.17) is 9.02 Å². The zero-order valence-corrected chi connectivity index (χ0v) is 14.6. The molecule has 0 unspecified atom stereocenters. The molecule has 0 saturated carbocycles. The molecule has 2 bridgehead atoms. The lowest BCUT2D eigenvalue weighted by atomic mass is 10.0. The summed E-state index contributed by atoms with van der Waals surface area (Å²) >= 11 is 1.42. The van der Waals surface area contributed by atoms with E-state index in [9.17, 15) is 13.2 Å². The number of carbonyl (C=O) groups is 1. The van der Waals surface area contributed by atoms with Crippen molar-refractivity contribution in [3.63, 3.8) is 0 Å². The maximum Gasteiger partial charge on any atom is 0.345 e. The fourth-order valence-corrected chi connectivity index (χ4v) is 3.81. The van der Waals surface area contributed by atoms with E-state index in [-0.39, 0.29) is 25.3 Å². The average Bonchev–Trinajstić information content (AvgIpc) is 3.13. The number of aromatic nitrogens is 1. The molecule has 0 aliphatic carbocycles. The maximum atomic E-state index is 12.6. The van der Waals surface area contributed by atoms with Crippen molar-refractivity contribution in [1.82, 2.24) is 14.9 Å². The summed E-state index contributed by atoms with van der Waals surface area (Å²) in [7, 11) is -3.62. The molecule has 2 amide bonds. The largest absolute Gasteiger partial charge is 0.345 e. The van der Waals surface area contributed by atoms with E-state index >= 15 is 0 Å². The quantitative estimate of drug-likeness (QED) is 0.527. The molecule has 3 heterocycles. The molecule has 1 aromatic rings. The number of hydrogen-bond donors (Lipinski definition) is 0. The Balaban J connectivity index is 1.91. The molecule has 10 heteroatoms. The normalized spacial score (nSPS) is 23.5. The third-order valence-electron chi connectivity index (χ3n) is 3.68. The Morgan fingerprint density at radius 3 is 2.96 bits per heavy atom. The highest BCUT2D eigenvalue weighted by molar-refractivity contribution is 7.85. The minimum absolute atomic E-state index is 0.155. The Labute approximate surface area is 144 Å². The molecule has 1 aromatic heterocycles. The lowest BCUT2D eigenvalue weighted by molar-refractivity contribution is -0.107. The van der Waals surface area contributed by atoms with Gasteiger partial charge in [-0.25, -0.2) is 9.78 Å². The van der Waals surface area contributed by atoms with Gasteiger partial charge in [0.2, 0.25) is 0 Å². The van der Waals surface area contributed by atoms with Crippen molar-refractivity contribution < 1.29 is 22.2 Å². The van der Waals surface area contributed by atoms with E-state index in [1.54, 1.807) is 17.2 Å². The summed E-state index contributed by atoms with van der Waals surface area (Å²) in [4.78, 5) is 23.8. The van der Waals surface area contributed by atoms with Crippen molar-refractivity contribution in [3.05, 3.63) is 35.3 Å². The lowest BCUT2D eigenvalue weighted by Crippen LogP contribution is -2.43. The molecule has 1 saturated heterocycles. The first-order chi connectivity index (χ1) is 11.4. The summed E-state index contributed by atoms with van der Waals surface area (Å²) in [5.74, 6) is 0. The van der Waals surface area contributed by atoms with Gasteiger partial charge < -0.3 is 4.90 Å². The van der Waals surface area contributed by atoms with Gasteiger partial charge in [0.15, 0.2) is 0 Å². The predicted molar refractivity (Wildman–Crippen MR) is 88.6 cm³/mol. The topological polar surface area (TPSA) is 89.0 Å². The molecule has 0 aromatic carbocycles. The van der Waals surface area contributed by atoms with Gasteiger partial charge in [-0.15, -0.1) is 17.9 Å². The molecule has 2 aliphatic heterocycles. The second kappa shape index (κ2) is 6.63. The van der Waals surface area contributed by atoms with Crippen molar-refractivity contribution in [2.75, 3.05) is 26.0 Å². The van der Waals surface area contributed by atoms with Gasteiger partial charge >= 0.3 is 6.03 Å². The van der Waals surface area contributed by atoms with Crippen LogP contribution in [0.5, 0.6) is 0 Å². The predicted octanol–water partition coefficient (Wildman–Crippen LogP) is 1.11. The maximum absolute atomic E-state index is 12.6. The molecule has 0 N–H and O–H groups in total. The summed E-state index contributed by atoms with van der Waals surface area (Å²) in [6.07, 6.45) is 6.09. The lowest BCUT2D eigenvalue weighted by Gasteiger charge is -2.30. The number of urea groups is 1. The van der Waals surface area contributed by atoms with E-state index in [0.717, 1.165) is 16.8 Å². The van der Waals surface area contributed by atoms with E-state index in [1.807, 2.05) is 11.5 Å². The minimum Gasteiger partial charge on any atom is -0.311 e. The third-order valence-corrected chi connectivity index (χ3v) is 5.06. The zero-order chi connectivity index (χ0) is 17.3. The summed E-state index contributed by atoms with van der Waals surface area (Å²) in [5, 5.41) is 3.84. The smallest absolute Gasteiger partial charge is 0.311 e. The minimum atomic E-state index is -3.62. The Morgan fingerprint density at radius 1 is 1.54 bits per heavy atom. The Morgan fingerprint density at radius 2 is 2.33 bits per heavy atom. The number of thiazole rings is 1. The van der Waals surface area contributed by atoms with E-state index < -0.39 is 16.2 Å². The molecule has 0 radical (unpaired) electrons. The number of hydrogen-bond acceptors (Lipinski definition) is 7. The first-order valence-corrected chi connectivity index (χ1v) is 9.90. The fourth-order valence-electron chi connectivity index (χ4n) is 2.72. The summed E-state index contributed by atoms with van der Waals surface area (Å²) in [5.41, 5.74) is 0.767. The second-order valence-electron chi connectivity index (χ2n) is 5.38. The Hall–Kier alpha value is -1.75. The van der Waals surface area contributed by atoms with Crippen LogP contribution in [-0.4, -0.2) is 67.5 Å².